The lowest BCUT2D eigenvalue weighted by molar-refractivity contribution is 0.0691. The minimum Gasteiger partial charge on any atom is -0.476 e. The van der Waals surface area contributed by atoms with Crippen LogP contribution in [0.15, 0.2) is 66.5 Å². The van der Waals surface area contributed by atoms with Gasteiger partial charge in [-0.3, -0.25) is 14.3 Å². The van der Waals surface area contributed by atoms with Crippen LogP contribution in [0.4, 0.5) is 0 Å². The highest BCUT2D eigenvalue weighted by Crippen LogP contribution is 2.39. The summed E-state index contributed by atoms with van der Waals surface area (Å²) in [6, 6.07) is 11.8. The average molecular weight is 601 g/mol. The summed E-state index contributed by atoms with van der Waals surface area (Å²) in [6.45, 7) is 0.0475. The summed E-state index contributed by atoms with van der Waals surface area (Å²) in [7, 11) is 0. The van der Waals surface area contributed by atoms with Crippen LogP contribution in [-0.4, -0.2) is 25.6 Å². The van der Waals surface area contributed by atoms with Gasteiger partial charge in [-0.1, -0.05) is 56.1 Å². The molecule has 2 aromatic heterocycles. The van der Waals surface area contributed by atoms with Crippen molar-refractivity contribution in [1.82, 2.24) is 14.5 Å². The molecule has 0 amide bonds. The number of rotatable bonds is 4. The quantitative estimate of drug-likeness (QED) is 0.304. The van der Waals surface area contributed by atoms with Crippen LogP contribution in [0.25, 0.3) is 12.2 Å². The van der Waals surface area contributed by atoms with Crippen LogP contribution in [0.1, 0.15) is 49.2 Å². The molecule has 0 unspecified atom stereocenters. The zero-order chi connectivity index (χ0) is 24.0. The predicted octanol–water partition coefficient (Wildman–Crippen LogP) is 4.93. The molecule has 0 atom stereocenters. The first-order valence-corrected chi connectivity index (χ1v) is 12.5. The number of carboxylic acid groups (broad SMARTS) is 1. The number of aromatic carboxylic acids is 1. The predicted molar refractivity (Wildman–Crippen MR) is 138 cm³/mol. The molecule has 2 N–H and O–H groups in total. The molecule has 1 aliphatic carbocycles. The van der Waals surface area contributed by atoms with E-state index in [0.29, 0.717) is 10.6 Å². The lowest BCUT2D eigenvalue weighted by Crippen LogP contribution is -2.33. The van der Waals surface area contributed by atoms with Crippen LogP contribution in [0, 0.1) is 0 Å². The molecule has 2 heterocycles. The van der Waals surface area contributed by atoms with E-state index in [1.54, 1.807) is 6.20 Å². The van der Waals surface area contributed by atoms with Crippen LogP contribution < -0.4 is 11.2 Å². The monoisotopic (exact) mass is 599 g/mol. The van der Waals surface area contributed by atoms with Crippen molar-refractivity contribution >= 4 is 61.3 Å². The van der Waals surface area contributed by atoms with E-state index >= 15 is 0 Å². The first-order chi connectivity index (χ1) is 16.3. The lowest BCUT2D eigenvalue weighted by Gasteiger charge is -2.21. The Morgan fingerprint density at radius 3 is 2.21 bits per heavy atom. The minimum absolute atomic E-state index is 0.0475. The summed E-state index contributed by atoms with van der Waals surface area (Å²) >= 11 is 8.19. The Morgan fingerprint density at radius 1 is 1.03 bits per heavy atom. The van der Waals surface area contributed by atoms with Crippen molar-refractivity contribution in [3.05, 3.63) is 116 Å². The van der Waals surface area contributed by atoms with Crippen molar-refractivity contribution in [2.75, 3.05) is 0 Å². The highest BCUT2D eigenvalue weighted by Gasteiger charge is 2.27. The first kappa shape index (κ1) is 22.7. The number of nitrogens with one attached hydrogen (secondary N) is 1. The molecule has 2 aromatic carbocycles. The number of carboxylic acids is 1. The highest BCUT2D eigenvalue weighted by atomic mass is 79.9. The van der Waals surface area contributed by atoms with Crippen LogP contribution in [0.3, 0.4) is 0 Å². The summed E-state index contributed by atoms with van der Waals surface area (Å²) in [5.74, 6) is -1.56. The van der Waals surface area contributed by atoms with Crippen molar-refractivity contribution in [3.8, 4) is 0 Å². The van der Waals surface area contributed by atoms with Gasteiger partial charge in [-0.05, 0) is 46.5 Å². The van der Waals surface area contributed by atoms with Gasteiger partial charge in [0.2, 0.25) is 0 Å². The number of aromatic nitrogens is 3. The number of halogens is 2. The standard InChI is InChI=1S/C24H15Br2N3O4S/c25-14-3-5-16-12(7-14)1-2-13-8-15(26)4-6-17(13)21(16)18-9-29(24(33)28-22(18)30)10-20-27-19(11-34-20)23(31)32/h1-9,11,21H,10H2,(H,31,32)(H,28,30,33). The summed E-state index contributed by atoms with van der Waals surface area (Å²) in [5, 5.41) is 11.0. The SMILES string of the molecule is O=C(O)c1csc(Cn2cc(C3c4ccc(Br)cc4C=Cc4cc(Br)ccc43)c(=O)[nH]c2=O)n1. The fraction of sp³-hybridized carbons (Fsp3) is 0.0833. The molecule has 10 heteroatoms. The van der Waals surface area contributed by atoms with Gasteiger partial charge in [0.1, 0.15) is 5.01 Å². The Labute approximate surface area is 213 Å². The number of benzene rings is 2. The van der Waals surface area contributed by atoms with Gasteiger partial charge >= 0.3 is 11.7 Å². The van der Waals surface area contributed by atoms with Gasteiger partial charge in [0, 0.05) is 32.0 Å². The van der Waals surface area contributed by atoms with E-state index in [1.165, 1.54) is 9.95 Å². The number of hydrogen-bond donors (Lipinski definition) is 2. The van der Waals surface area contributed by atoms with Crippen LogP contribution in [-0.2, 0) is 6.54 Å². The van der Waals surface area contributed by atoms with Crippen molar-refractivity contribution in [1.29, 1.82) is 0 Å². The van der Waals surface area contributed by atoms with Crippen molar-refractivity contribution in [2.24, 2.45) is 0 Å². The fourth-order valence-electron chi connectivity index (χ4n) is 4.06. The van der Waals surface area contributed by atoms with E-state index in [9.17, 15) is 14.4 Å². The lowest BCUT2D eigenvalue weighted by atomic mass is 9.83. The molecule has 5 rings (SSSR count). The van der Waals surface area contributed by atoms with Crippen molar-refractivity contribution in [3.63, 3.8) is 0 Å². The summed E-state index contributed by atoms with van der Waals surface area (Å²) < 4.78 is 3.19. The Bertz CT molecular complexity index is 1550. The zero-order valence-electron chi connectivity index (χ0n) is 17.3. The minimum atomic E-state index is -1.13. The summed E-state index contributed by atoms with van der Waals surface area (Å²) in [6.07, 6.45) is 5.58. The second-order valence-corrected chi connectivity index (χ2v) is 10.5. The third kappa shape index (κ3) is 4.24. The zero-order valence-corrected chi connectivity index (χ0v) is 21.3. The molecule has 34 heavy (non-hydrogen) atoms. The number of carbonyl (C=O) groups is 1. The van der Waals surface area contributed by atoms with Gasteiger partial charge in [-0.15, -0.1) is 11.3 Å². The molecule has 0 aliphatic heterocycles. The fourth-order valence-corrected chi connectivity index (χ4v) is 5.59. The molecule has 0 saturated heterocycles. The second-order valence-electron chi connectivity index (χ2n) is 7.72. The molecule has 1 aliphatic rings. The molecule has 0 fully saturated rings. The molecule has 0 saturated carbocycles. The number of thiazole rings is 1. The van der Waals surface area contributed by atoms with Crippen molar-refractivity contribution in [2.45, 2.75) is 12.5 Å². The molecule has 170 valence electrons. The Morgan fingerprint density at radius 2 is 1.65 bits per heavy atom. The van der Waals surface area contributed by atoms with Gasteiger partial charge in [0.15, 0.2) is 5.69 Å². The first-order valence-electron chi connectivity index (χ1n) is 10.1. The van der Waals surface area contributed by atoms with E-state index in [2.05, 4.69) is 41.8 Å². The van der Waals surface area contributed by atoms with E-state index in [1.807, 2.05) is 48.6 Å². The number of H-pyrrole nitrogens is 1. The Hall–Kier alpha value is -3.08. The largest absolute Gasteiger partial charge is 0.476 e. The average Bonchev–Trinajstić information content (AvgIpc) is 3.20. The normalized spacial score (nSPS) is 12.8. The molecule has 4 aromatic rings. The molecular formula is C24H15Br2N3O4S. The third-order valence-corrected chi connectivity index (χ3v) is 7.41. The molecular weight excluding hydrogens is 586 g/mol. The molecule has 0 radical (unpaired) electrons. The Kier molecular flexibility index (Phi) is 5.97. The van der Waals surface area contributed by atoms with Crippen LogP contribution >= 0.6 is 43.2 Å². The van der Waals surface area contributed by atoms with Gasteiger partial charge in [0.25, 0.3) is 5.56 Å². The summed E-state index contributed by atoms with van der Waals surface area (Å²) in [5.41, 5.74) is 3.04. The Balaban J connectivity index is 1.69. The van der Waals surface area contributed by atoms with Crippen LogP contribution in [0.5, 0.6) is 0 Å². The van der Waals surface area contributed by atoms with Crippen molar-refractivity contribution < 1.29 is 9.90 Å². The summed E-state index contributed by atoms with van der Waals surface area (Å²) in [4.78, 5) is 43.4. The smallest absolute Gasteiger partial charge is 0.355 e. The van der Waals surface area contributed by atoms with E-state index < -0.39 is 23.1 Å². The van der Waals surface area contributed by atoms with Crippen LogP contribution in [0.2, 0.25) is 0 Å². The van der Waals surface area contributed by atoms with E-state index in [0.717, 1.165) is 42.5 Å². The van der Waals surface area contributed by atoms with Gasteiger partial charge in [0.05, 0.1) is 6.54 Å². The van der Waals surface area contributed by atoms with E-state index in [4.69, 9.17) is 5.11 Å². The maximum Gasteiger partial charge on any atom is 0.355 e. The van der Waals surface area contributed by atoms with Gasteiger partial charge < -0.3 is 5.11 Å². The maximum atomic E-state index is 13.1. The highest BCUT2D eigenvalue weighted by molar-refractivity contribution is 9.10. The number of fused-ring (bicyclic) bond motifs is 2. The third-order valence-electron chi connectivity index (χ3n) is 5.59. The topological polar surface area (TPSA) is 105 Å². The second kappa shape index (κ2) is 8.94. The van der Waals surface area contributed by atoms with Gasteiger partial charge in [-0.2, -0.15) is 0 Å². The number of hydrogen-bond acceptors (Lipinski definition) is 5. The number of aromatic amines is 1. The maximum absolute atomic E-state index is 13.1. The van der Waals surface area contributed by atoms with E-state index in [-0.39, 0.29) is 12.2 Å². The number of nitrogens with zero attached hydrogens (tertiary/aromatic N) is 2. The van der Waals surface area contributed by atoms with Gasteiger partial charge in [-0.25, -0.2) is 14.6 Å². The molecule has 7 nitrogen and oxygen atoms in total. The molecule has 0 spiro atoms. The molecule has 0 bridgehead atoms.